The Labute approximate surface area is 90.9 Å². The van der Waals surface area contributed by atoms with Crippen molar-refractivity contribution < 1.29 is 13.2 Å². The fraction of sp³-hybridized carbons (Fsp3) is 0.400. The van der Waals surface area contributed by atoms with Gasteiger partial charge in [-0.2, -0.15) is 24.9 Å². The summed E-state index contributed by atoms with van der Waals surface area (Å²) >= 11 is 1.57. The summed E-state index contributed by atoms with van der Waals surface area (Å²) in [6, 6.07) is 4.79. The van der Waals surface area contributed by atoms with Crippen LogP contribution in [0.2, 0.25) is 0 Å². The molecule has 0 fully saturated rings. The van der Waals surface area contributed by atoms with Gasteiger partial charge in [-0.05, 0) is 24.0 Å². The highest BCUT2D eigenvalue weighted by atomic mass is 32.2. The number of alkyl halides is 3. The summed E-state index contributed by atoms with van der Waals surface area (Å²) in [4.78, 5) is 0. The summed E-state index contributed by atoms with van der Waals surface area (Å²) in [5.74, 6) is 0.700. The van der Waals surface area contributed by atoms with Crippen LogP contribution >= 0.6 is 11.8 Å². The van der Waals surface area contributed by atoms with Gasteiger partial charge in [0.2, 0.25) is 0 Å². The average Bonchev–Trinajstić information content (AvgIpc) is 2.17. The maximum absolute atomic E-state index is 12.2. The molecule has 1 unspecified atom stereocenters. The van der Waals surface area contributed by atoms with Crippen molar-refractivity contribution in [2.45, 2.75) is 12.2 Å². The molecule has 0 aliphatic rings. The SMILES string of the molecule is CSCC(N)c1ccc(C(F)(F)F)cc1. The zero-order valence-electron chi connectivity index (χ0n) is 8.21. The standard InChI is InChI=1S/C10H12F3NS/c1-15-6-9(14)7-2-4-8(5-3-7)10(11,12)13/h2-5,9H,6,14H2,1H3. The summed E-state index contributed by atoms with van der Waals surface area (Å²) in [6.07, 6.45) is -2.37. The van der Waals surface area contributed by atoms with Crippen LogP contribution in [0, 0.1) is 0 Å². The van der Waals surface area contributed by atoms with E-state index < -0.39 is 11.7 Å². The van der Waals surface area contributed by atoms with E-state index in [0.29, 0.717) is 5.75 Å². The van der Waals surface area contributed by atoms with E-state index in [1.807, 2.05) is 6.26 Å². The van der Waals surface area contributed by atoms with E-state index in [1.165, 1.54) is 12.1 Å². The highest BCUT2D eigenvalue weighted by Crippen LogP contribution is 2.29. The molecule has 1 aromatic carbocycles. The number of halogens is 3. The second kappa shape index (κ2) is 4.90. The van der Waals surface area contributed by atoms with Gasteiger partial charge in [-0.1, -0.05) is 12.1 Å². The Morgan fingerprint density at radius 1 is 1.27 bits per heavy atom. The monoisotopic (exact) mass is 235 g/mol. The Morgan fingerprint density at radius 3 is 2.20 bits per heavy atom. The molecule has 15 heavy (non-hydrogen) atoms. The fourth-order valence-corrected chi connectivity index (χ4v) is 1.75. The largest absolute Gasteiger partial charge is 0.416 e. The van der Waals surface area contributed by atoms with Crippen molar-refractivity contribution in [2.75, 3.05) is 12.0 Å². The van der Waals surface area contributed by atoms with Crippen LogP contribution in [-0.4, -0.2) is 12.0 Å². The van der Waals surface area contributed by atoms with Crippen LogP contribution in [0.3, 0.4) is 0 Å². The van der Waals surface area contributed by atoms with Gasteiger partial charge in [-0.3, -0.25) is 0 Å². The van der Waals surface area contributed by atoms with Gasteiger partial charge in [-0.25, -0.2) is 0 Å². The summed E-state index contributed by atoms with van der Waals surface area (Å²) in [6.45, 7) is 0. The third kappa shape index (κ3) is 3.43. The molecule has 1 aromatic rings. The van der Waals surface area contributed by atoms with Gasteiger partial charge >= 0.3 is 6.18 Å². The number of benzene rings is 1. The molecule has 84 valence electrons. The minimum absolute atomic E-state index is 0.206. The first-order chi connectivity index (χ1) is 6.95. The van der Waals surface area contributed by atoms with Crippen LogP contribution < -0.4 is 5.73 Å². The molecule has 0 amide bonds. The molecular formula is C10H12F3NS. The molecule has 0 aromatic heterocycles. The molecule has 2 N–H and O–H groups in total. The van der Waals surface area contributed by atoms with Crippen molar-refractivity contribution in [3.63, 3.8) is 0 Å². The van der Waals surface area contributed by atoms with Crippen LogP contribution in [0.25, 0.3) is 0 Å². The zero-order chi connectivity index (χ0) is 11.5. The van der Waals surface area contributed by atoms with Crippen molar-refractivity contribution in [3.8, 4) is 0 Å². The van der Waals surface area contributed by atoms with E-state index in [2.05, 4.69) is 0 Å². The minimum atomic E-state index is -4.28. The molecule has 0 radical (unpaired) electrons. The van der Waals surface area contributed by atoms with E-state index in [0.717, 1.165) is 17.7 Å². The van der Waals surface area contributed by atoms with Crippen LogP contribution in [0.4, 0.5) is 13.2 Å². The van der Waals surface area contributed by atoms with Gasteiger partial charge in [0.05, 0.1) is 5.56 Å². The second-order valence-electron chi connectivity index (χ2n) is 3.18. The molecule has 0 aliphatic carbocycles. The fourth-order valence-electron chi connectivity index (χ4n) is 1.20. The Bertz CT molecular complexity index is 307. The first kappa shape index (κ1) is 12.4. The summed E-state index contributed by atoms with van der Waals surface area (Å²) in [5, 5.41) is 0. The predicted octanol–water partition coefficient (Wildman–Crippen LogP) is 3.07. The van der Waals surface area contributed by atoms with Gasteiger partial charge in [0.1, 0.15) is 0 Å². The van der Waals surface area contributed by atoms with E-state index in [9.17, 15) is 13.2 Å². The maximum atomic E-state index is 12.2. The summed E-state index contributed by atoms with van der Waals surface area (Å²) < 4.78 is 36.7. The normalized spacial score (nSPS) is 13.9. The first-order valence-electron chi connectivity index (χ1n) is 4.37. The number of nitrogens with two attached hydrogens (primary N) is 1. The lowest BCUT2D eigenvalue weighted by molar-refractivity contribution is -0.137. The number of rotatable bonds is 3. The molecule has 0 saturated carbocycles. The topological polar surface area (TPSA) is 26.0 Å². The summed E-state index contributed by atoms with van der Waals surface area (Å²) in [5.41, 5.74) is 5.86. The van der Waals surface area contributed by atoms with E-state index >= 15 is 0 Å². The molecule has 0 spiro atoms. The van der Waals surface area contributed by atoms with Crippen LogP contribution in [0.15, 0.2) is 24.3 Å². The molecular weight excluding hydrogens is 223 g/mol. The smallest absolute Gasteiger partial charge is 0.323 e. The van der Waals surface area contributed by atoms with E-state index in [4.69, 9.17) is 5.73 Å². The second-order valence-corrected chi connectivity index (χ2v) is 4.09. The Kier molecular flexibility index (Phi) is 4.04. The molecule has 0 heterocycles. The Hall–Kier alpha value is -0.680. The lowest BCUT2D eigenvalue weighted by atomic mass is 10.1. The molecule has 0 saturated heterocycles. The van der Waals surface area contributed by atoms with Crippen molar-refractivity contribution in [1.29, 1.82) is 0 Å². The highest BCUT2D eigenvalue weighted by Gasteiger charge is 2.30. The zero-order valence-corrected chi connectivity index (χ0v) is 9.03. The van der Waals surface area contributed by atoms with Gasteiger partial charge in [0.15, 0.2) is 0 Å². The van der Waals surface area contributed by atoms with Gasteiger partial charge in [-0.15, -0.1) is 0 Å². The Morgan fingerprint density at radius 2 is 1.80 bits per heavy atom. The Balaban J connectivity index is 2.81. The first-order valence-corrected chi connectivity index (χ1v) is 5.76. The number of hydrogen-bond donors (Lipinski definition) is 1. The highest BCUT2D eigenvalue weighted by molar-refractivity contribution is 7.98. The average molecular weight is 235 g/mol. The number of thioether (sulfide) groups is 1. The van der Waals surface area contributed by atoms with Crippen molar-refractivity contribution in [2.24, 2.45) is 5.73 Å². The lowest BCUT2D eigenvalue weighted by Crippen LogP contribution is -2.13. The van der Waals surface area contributed by atoms with Crippen LogP contribution in [0.5, 0.6) is 0 Å². The van der Waals surface area contributed by atoms with Crippen LogP contribution in [-0.2, 0) is 6.18 Å². The van der Waals surface area contributed by atoms with Crippen molar-refractivity contribution >= 4 is 11.8 Å². The third-order valence-electron chi connectivity index (χ3n) is 2.01. The predicted molar refractivity (Wildman–Crippen MR) is 56.8 cm³/mol. The van der Waals surface area contributed by atoms with Crippen molar-refractivity contribution in [1.82, 2.24) is 0 Å². The quantitative estimate of drug-likeness (QED) is 0.871. The number of hydrogen-bond acceptors (Lipinski definition) is 2. The molecule has 5 heteroatoms. The van der Waals surface area contributed by atoms with E-state index in [-0.39, 0.29) is 6.04 Å². The molecule has 0 bridgehead atoms. The van der Waals surface area contributed by atoms with Gasteiger partial charge in [0.25, 0.3) is 0 Å². The maximum Gasteiger partial charge on any atom is 0.416 e. The lowest BCUT2D eigenvalue weighted by Gasteiger charge is -2.12. The van der Waals surface area contributed by atoms with Gasteiger partial charge in [0, 0.05) is 11.8 Å². The minimum Gasteiger partial charge on any atom is -0.323 e. The van der Waals surface area contributed by atoms with Crippen molar-refractivity contribution in [3.05, 3.63) is 35.4 Å². The third-order valence-corrected chi connectivity index (χ3v) is 2.70. The molecule has 1 rings (SSSR count). The molecule has 1 atom stereocenters. The van der Waals surface area contributed by atoms with Gasteiger partial charge < -0.3 is 5.73 Å². The molecule has 0 aliphatic heterocycles. The summed E-state index contributed by atoms with van der Waals surface area (Å²) in [7, 11) is 0. The van der Waals surface area contributed by atoms with Crippen LogP contribution in [0.1, 0.15) is 17.2 Å². The molecule has 1 nitrogen and oxygen atoms in total. The van der Waals surface area contributed by atoms with E-state index in [1.54, 1.807) is 11.8 Å².